The van der Waals surface area contributed by atoms with Crippen molar-refractivity contribution in [3.63, 3.8) is 0 Å². The van der Waals surface area contributed by atoms with Gasteiger partial charge in [0.05, 0.1) is 23.0 Å². The number of hydrogen-bond acceptors (Lipinski definition) is 4. The average Bonchev–Trinajstić information content (AvgIpc) is 3.04. The first-order chi connectivity index (χ1) is 13.2. The van der Waals surface area contributed by atoms with Gasteiger partial charge >= 0.3 is 0 Å². The van der Waals surface area contributed by atoms with Crippen LogP contribution in [0, 0.1) is 6.92 Å². The second kappa shape index (κ2) is 6.20. The molecule has 0 saturated carbocycles. The van der Waals surface area contributed by atoms with Crippen molar-refractivity contribution in [3.05, 3.63) is 82.9 Å². The number of ketones is 1. The van der Waals surface area contributed by atoms with Crippen LogP contribution in [-0.4, -0.2) is 20.5 Å². The van der Waals surface area contributed by atoms with Gasteiger partial charge in [0, 0.05) is 29.5 Å². The van der Waals surface area contributed by atoms with Gasteiger partial charge in [-0.3, -0.25) is 9.78 Å². The fourth-order valence-electron chi connectivity index (χ4n) is 4.22. The van der Waals surface area contributed by atoms with Crippen LogP contribution in [0.25, 0.3) is 5.69 Å². The quantitative estimate of drug-likeness (QED) is 0.750. The largest absolute Gasteiger partial charge is 0.343 e. The van der Waals surface area contributed by atoms with E-state index in [1.807, 2.05) is 60.1 Å². The van der Waals surface area contributed by atoms with Crippen molar-refractivity contribution < 1.29 is 4.79 Å². The standard InChI is InChI=1S/C22H20N4O/c1-14-19-21(16-10-5-6-13-23-16)20-17(11-7-12-18(20)27)24-22(19)26(25-14)15-8-3-2-4-9-15/h2-6,8-10,13,21,24H,7,11-12H2,1H3. The molecule has 1 aromatic carbocycles. The van der Waals surface area contributed by atoms with Crippen LogP contribution < -0.4 is 5.32 Å². The average molecular weight is 356 g/mol. The van der Waals surface area contributed by atoms with E-state index in [1.165, 1.54) is 0 Å². The summed E-state index contributed by atoms with van der Waals surface area (Å²) in [6, 6.07) is 16.0. The third-order valence-corrected chi connectivity index (χ3v) is 5.39. The number of hydrogen-bond donors (Lipinski definition) is 1. The van der Waals surface area contributed by atoms with Crippen LogP contribution in [0.1, 0.15) is 42.1 Å². The number of anilines is 1. The Hall–Kier alpha value is -3.21. The number of fused-ring (bicyclic) bond motifs is 1. The number of nitrogens with one attached hydrogen (secondary N) is 1. The second-order valence-corrected chi connectivity index (χ2v) is 7.08. The topological polar surface area (TPSA) is 59.8 Å². The van der Waals surface area contributed by atoms with Crippen molar-refractivity contribution in [1.29, 1.82) is 0 Å². The lowest BCUT2D eigenvalue weighted by Gasteiger charge is -2.32. The molecule has 0 saturated heterocycles. The molecular weight excluding hydrogens is 336 g/mol. The van der Waals surface area contributed by atoms with E-state index in [2.05, 4.69) is 10.3 Å². The first kappa shape index (κ1) is 16.0. The predicted molar refractivity (Wildman–Crippen MR) is 104 cm³/mol. The molecule has 2 aromatic heterocycles. The molecule has 1 atom stereocenters. The van der Waals surface area contributed by atoms with E-state index < -0.39 is 0 Å². The number of carbonyl (C=O) groups is 1. The molecule has 0 amide bonds. The summed E-state index contributed by atoms with van der Waals surface area (Å²) < 4.78 is 1.95. The lowest BCUT2D eigenvalue weighted by atomic mass is 9.77. The van der Waals surface area contributed by atoms with Gasteiger partial charge in [-0.15, -0.1) is 0 Å². The van der Waals surface area contributed by atoms with Gasteiger partial charge in [0.1, 0.15) is 5.82 Å². The third kappa shape index (κ3) is 2.50. The Morgan fingerprint density at radius 3 is 2.67 bits per heavy atom. The molecule has 5 nitrogen and oxygen atoms in total. The van der Waals surface area contributed by atoms with Crippen LogP contribution in [-0.2, 0) is 4.79 Å². The van der Waals surface area contributed by atoms with Crippen LogP contribution in [0.5, 0.6) is 0 Å². The molecule has 1 aliphatic heterocycles. The van der Waals surface area contributed by atoms with Crippen LogP contribution in [0.4, 0.5) is 5.82 Å². The molecule has 27 heavy (non-hydrogen) atoms. The summed E-state index contributed by atoms with van der Waals surface area (Å²) in [5, 5.41) is 8.36. The van der Waals surface area contributed by atoms with Crippen molar-refractivity contribution in [2.45, 2.75) is 32.1 Å². The number of allylic oxidation sites excluding steroid dienone is 2. The number of carbonyl (C=O) groups excluding carboxylic acids is 1. The maximum absolute atomic E-state index is 12.9. The number of Topliss-reactive ketones (excluding diaryl/α,β-unsaturated/α-hetero) is 1. The molecule has 2 aliphatic rings. The first-order valence-electron chi connectivity index (χ1n) is 9.33. The third-order valence-electron chi connectivity index (χ3n) is 5.39. The molecule has 1 unspecified atom stereocenters. The van der Waals surface area contributed by atoms with E-state index in [0.717, 1.165) is 52.6 Å². The molecule has 3 heterocycles. The van der Waals surface area contributed by atoms with Gasteiger partial charge in [0.2, 0.25) is 0 Å². The zero-order valence-corrected chi connectivity index (χ0v) is 15.1. The number of pyridine rings is 1. The Morgan fingerprint density at radius 2 is 1.89 bits per heavy atom. The smallest absolute Gasteiger partial charge is 0.161 e. The number of aromatic nitrogens is 3. The van der Waals surface area contributed by atoms with Gasteiger partial charge in [-0.2, -0.15) is 5.10 Å². The normalized spacial score (nSPS) is 18.7. The van der Waals surface area contributed by atoms with E-state index in [4.69, 9.17) is 5.10 Å². The van der Waals surface area contributed by atoms with Gasteiger partial charge in [-0.05, 0) is 44.0 Å². The highest BCUT2D eigenvalue weighted by atomic mass is 16.1. The Labute approximate surface area is 157 Å². The number of para-hydroxylation sites is 1. The highest BCUT2D eigenvalue weighted by molar-refractivity contribution is 6.01. The number of nitrogens with zero attached hydrogens (tertiary/aromatic N) is 3. The van der Waals surface area contributed by atoms with Crippen molar-refractivity contribution in [2.75, 3.05) is 5.32 Å². The van der Waals surface area contributed by atoms with Crippen molar-refractivity contribution in [1.82, 2.24) is 14.8 Å². The molecule has 5 heteroatoms. The summed E-state index contributed by atoms with van der Waals surface area (Å²) in [6.45, 7) is 2.01. The maximum Gasteiger partial charge on any atom is 0.161 e. The van der Waals surface area contributed by atoms with Gasteiger partial charge < -0.3 is 5.32 Å². The van der Waals surface area contributed by atoms with E-state index in [-0.39, 0.29) is 11.7 Å². The molecule has 134 valence electrons. The highest BCUT2D eigenvalue weighted by Gasteiger charge is 2.39. The SMILES string of the molecule is Cc1nn(-c2ccccc2)c2c1C(c1ccccn1)C1=C(CCCC1=O)N2. The van der Waals surface area contributed by atoms with E-state index in [0.29, 0.717) is 6.42 Å². The second-order valence-electron chi connectivity index (χ2n) is 7.08. The monoisotopic (exact) mass is 356 g/mol. The molecular formula is C22H20N4O. The number of rotatable bonds is 2. The van der Waals surface area contributed by atoms with Crippen molar-refractivity contribution >= 4 is 11.6 Å². The zero-order valence-electron chi connectivity index (χ0n) is 15.1. The summed E-state index contributed by atoms with van der Waals surface area (Å²) in [6.07, 6.45) is 4.16. The Bertz CT molecular complexity index is 1050. The molecule has 1 N–H and O–H groups in total. The zero-order chi connectivity index (χ0) is 18.4. The van der Waals surface area contributed by atoms with E-state index >= 15 is 0 Å². The Balaban J connectivity index is 1.76. The number of benzene rings is 1. The van der Waals surface area contributed by atoms with Gasteiger partial charge in [0.25, 0.3) is 0 Å². The lowest BCUT2D eigenvalue weighted by Crippen LogP contribution is -2.28. The minimum atomic E-state index is -0.164. The summed E-state index contributed by atoms with van der Waals surface area (Å²) >= 11 is 0. The molecule has 5 rings (SSSR count). The summed E-state index contributed by atoms with van der Waals surface area (Å²) in [5.41, 5.74) is 5.75. The van der Waals surface area contributed by atoms with E-state index in [9.17, 15) is 4.79 Å². The van der Waals surface area contributed by atoms with Crippen molar-refractivity contribution in [3.8, 4) is 5.69 Å². The number of aryl methyl sites for hydroxylation is 1. The summed E-state index contributed by atoms with van der Waals surface area (Å²) in [4.78, 5) is 17.5. The fourth-order valence-corrected chi connectivity index (χ4v) is 4.22. The van der Waals surface area contributed by atoms with Gasteiger partial charge in [-0.1, -0.05) is 24.3 Å². The van der Waals surface area contributed by atoms with Crippen LogP contribution in [0.15, 0.2) is 66.0 Å². The summed E-state index contributed by atoms with van der Waals surface area (Å²) in [7, 11) is 0. The molecule has 3 aromatic rings. The van der Waals surface area contributed by atoms with Gasteiger partial charge in [0.15, 0.2) is 5.78 Å². The molecule has 1 aliphatic carbocycles. The Kier molecular flexibility index (Phi) is 3.67. The molecule has 0 bridgehead atoms. The predicted octanol–water partition coefficient (Wildman–Crippen LogP) is 4.14. The highest BCUT2D eigenvalue weighted by Crippen LogP contribution is 2.46. The molecule has 0 spiro atoms. The fraction of sp³-hybridized carbons (Fsp3) is 0.227. The molecule has 0 fully saturated rings. The van der Waals surface area contributed by atoms with Gasteiger partial charge in [-0.25, -0.2) is 4.68 Å². The van der Waals surface area contributed by atoms with Crippen LogP contribution in [0.3, 0.4) is 0 Å². The van der Waals surface area contributed by atoms with Crippen LogP contribution in [0.2, 0.25) is 0 Å². The van der Waals surface area contributed by atoms with E-state index in [1.54, 1.807) is 6.20 Å². The van der Waals surface area contributed by atoms with Crippen LogP contribution >= 0.6 is 0 Å². The minimum Gasteiger partial charge on any atom is -0.343 e. The summed E-state index contributed by atoms with van der Waals surface area (Å²) in [5.74, 6) is 1.00. The first-order valence-corrected chi connectivity index (χ1v) is 9.33. The lowest BCUT2D eigenvalue weighted by molar-refractivity contribution is -0.116. The molecule has 0 radical (unpaired) electrons. The van der Waals surface area contributed by atoms with Crippen molar-refractivity contribution in [2.24, 2.45) is 0 Å². The maximum atomic E-state index is 12.9. The Morgan fingerprint density at radius 1 is 1.07 bits per heavy atom. The minimum absolute atomic E-state index is 0.164.